The summed E-state index contributed by atoms with van der Waals surface area (Å²) in [6.45, 7) is 1.49. The number of anilines is 5. The van der Waals surface area contributed by atoms with E-state index >= 15 is 0 Å². The number of aromatic nitrogens is 1. The third-order valence-electron chi connectivity index (χ3n) is 6.04. The molecule has 372 valence electrons. The molecule has 0 atom stereocenters. The molecule has 0 aliphatic carbocycles. The van der Waals surface area contributed by atoms with Gasteiger partial charge in [0, 0.05) is 62.4 Å². The van der Waals surface area contributed by atoms with Crippen molar-refractivity contribution in [1.82, 2.24) is 14.8 Å². The van der Waals surface area contributed by atoms with Crippen molar-refractivity contribution in [3.05, 3.63) is 85.5 Å². The van der Waals surface area contributed by atoms with Crippen LogP contribution in [-0.4, -0.2) is 115 Å². The number of ether oxygens (including phenoxy) is 2. The van der Waals surface area contributed by atoms with E-state index in [4.69, 9.17) is 101 Å². The number of methoxy groups -OCH3 is 2. The van der Waals surface area contributed by atoms with Crippen LogP contribution in [0.5, 0.6) is 11.5 Å². The Kier molecular flexibility index (Phi) is 27.0. The molecule has 0 unspecified atom stereocenters. The topological polar surface area (TPSA) is 393 Å². The first-order chi connectivity index (χ1) is 29.0. The first-order valence-electron chi connectivity index (χ1n) is 16.0. The summed E-state index contributed by atoms with van der Waals surface area (Å²) in [5.41, 5.74) is 3.04. The van der Waals surface area contributed by atoms with Crippen molar-refractivity contribution in [3.63, 3.8) is 0 Å². The highest BCUT2D eigenvalue weighted by Crippen LogP contribution is 2.41. The molecule has 0 bridgehead atoms. The van der Waals surface area contributed by atoms with Crippen molar-refractivity contribution in [3.8, 4) is 11.5 Å². The van der Waals surface area contributed by atoms with Gasteiger partial charge in [-0.1, -0.05) is 0 Å². The lowest BCUT2D eigenvalue weighted by Crippen LogP contribution is -2.26. The molecule has 12 N–H and O–H groups in total. The van der Waals surface area contributed by atoms with Crippen molar-refractivity contribution < 1.29 is 121 Å². The molecular weight excluding hydrogens is 1030 g/mol. The lowest BCUT2D eigenvalue weighted by molar-refractivity contribution is 0.320. The molecule has 2 aliphatic rings. The number of rotatable bonds is 7. The SMILES string of the molecule is COc1ccc(N(c2ccc(OC)cc2)c2cc(N3C=CN(C)C3)nc(N3C=CN(C)C3)c2)cc1.O=P(O)(O)F.O=P(O)(O)F.O=P(O)(O)F.O=P(O)(O)F.O=P(O)(O)F.O=P(O)(O)F. The van der Waals surface area contributed by atoms with Gasteiger partial charge in [-0.3, -0.25) is 58.7 Å². The van der Waals surface area contributed by atoms with Crippen LogP contribution in [-0.2, 0) is 27.4 Å². The Hall–Kier alpha value is -3.85. The molecule has 1 aromatic heterocycles. The van der Waals surface area contributed by atoms with Crippen LogP contribution in [0.15, 0.2) is 85.5 Å². The van der Waals surface area contributed by atoms with Crippen LogP contribution in [0, 0.1) is 0 Å². The molecule has 0 saturated carbocycles. The average Bonchev–Trinajstić information content (AvgIpc) is 3.73. The van der Waals surface area contributed by atoms with Gasteiger partial charge in [-0.15, -0.1) is 25.2 Å². The Bertz CT molecular complexity index is 1960. The molecule has 3 heterocycles. The second kappa shape index (κ2) is 27.7. The standard InChI is InChI=1S/C27H30N6O2.6FH2O3P/c1-29-13-15-31(19-29)26-17-23(18-27(28-26)32-16-14-30(2)20-32)33(21-5-9-24(34-3)10-6-21)22-7-11-25(35-4)12-8-22;6*1-5(2,3)4/h5-18H,19-20H2,1-4H3;6*(H2,2,3,4). The zero-order valence-corrected chi connectivity index (χ0v) is 38.6. The second-order valence-corrected chi connectivity index (χ2v) is 17.1. The average molecular weight is 1070 g/mol. The number of halogens is 6. The molecule has 0 amide bonds. The zero-order valence-electron chi connectivity index (χ0n) is 33.3. The third-order valence-corrected chi connectivity index (χ3v) is 6.04. The molecule has 0 radical (unpaired) electrons. The Labute approximate surface area is 364 Å². The molecule has 38 heteroatoms. The fourth-order valence-corrected chi connectivity index (χ4v) is 4.18. The van der Waals surface area contributed by atoms with E-state index in [1.54, 1.807) is 14.2 Å². The van der Waals surface area contributed by atoms with Crippen LogP contribution in [0.1, 0.15) is 0 Å². The summed E-state index contributed by atoms with van der Waals surface area (Å²) in [4.78, 5) is 99.4. The third kappa shape index (κ3) is 41.3. The molecule has 0 spiro atoms. The zero-order chi connectivity index (χ0) is 51.4. The Balaban J connectivity index is 0. The van der Waals surface area contributed by atoms with Crippen molar-refractivity contribution in [2.75, 3.05) is 56.4 Å². The fraction of sp³-hybridized carbons (Fsp3) is 0.222. The Morgan fingerprint density at radius 1 is 0.462 bits per heavy atom. The molecule has 65 heavy (non-hydrogen) atoms. The summed E-state index contributed by atoms with van der Waals surface area (Å²) in [6, 6.07) is 20.4. The highest BCUT2D eigenvalue weighted by Gasteiger charge is 2.22. The summed E-state index contributed by atoms with van der Waals surface area (Å²) in [6.07, 6.45) is 8.24. The highest BCUT2D eigenvalue weighted by molar-refractivity contribution is 7.46. The van der Waals surface area contributed by atoms with Gasteiger partial charge in [0.2, 0.25) is 0 Å². The van der Waals surface area contributed by atoms with Crippen molar-refractivity contribution in [1.29, 1.82) is 0 Å². The molecule has 3 aromatic rings. The van der Waals surface area contributed by atoms with Gasteiger partial charge in [0.25, 0.3) is 0 Å². The van der Waals surface area contributed by atoms with Crippen molar-refractivity contribution in [2.24, 2.45) is 0 Å². The van der Waals surface area contributed by atoms with Crippen LogP contribution in [0.25, 0.3) is 0 Å². The monoisotopic (exact) mass is 1070 g/mol. The first kappa shape index (κ1) is 63.2. The molecule has 26 nitrogen and oxygen atoms in total. The van der Waals surface area contributed by atoms with E-state index in [0.717, 1.165) is 53.5 Å². The molecule has 0 fully saturated rings. The fourth-order valence-electron chi connectivity index (χ4n) is 4.18. The molecule has 2 aromatic carbocycles. The molecule has 0 saturated heterocycles. The normalized spacial score (nSPS) is 13.4. The highest BCUT2D eigenvalue weighted by atomic mass is 31.2. The van der Waals surface area contributed by atoms with Gasteiger partial charge in [-0.05, 0) is 48.5 Å². The van der Waals surface area contributed by atoms with E-state index in [1.807, 2.05) is 24.3 Å². The van der Waals surface area contributed by atoms with Crippen LogP contribution in [0.2, 0.25) is 0 Å². The van der Waals surface area contributed by atoms with Crippen LogP contribution in [0.4, 0.5) is 53.9 Å². The minimum Gasteiger partial charge on any atom is -0.497 e. The largest absolute Gasteiger partial charge is 0.507 e. The first-order valence-corrected chi connectivity index (χ1v) is 25.0. The van der Waals surface area contributed by atoms with Gasteiger partial charge < -0.3 is 34.0 Å². The van der Waals surface area contributed by atoms with Crippen LogP contribution in [0.3, 0.4) is 0 Å². The van der Waals surface area contributed by atoms with E-state index in [2.05, 4.69) is 99.8 Å². The lowest BCUT2D eigenvalue weighted by atomic mass is 10.2. The van der Waals surface area contributed by atoms with Gasteiger partial charge >= 0.3 is 47.4 Å². The van der Waals surface area contributed by atoms with Gasteiger partial charge in [0.15, 0.2) is 0 Å². The predicted molar refractivity (Wildman–Crippen MR) is 219 cm³/mol. The minimum atomic E-state index is -5.14. The van der Waals surface area contributed by atoms with Crippen molar-refractivity contribution in [2.45, 2.75) is 0 Å². The Morgan fingerprint density at radius 3 is 0.877 bits per heavy atom. The van der Waals surface area contributed by atoms with Crippen LogP contribution < -0.4 is 24.2 Å². The van der Waals surface area contributed by atoms with E-state index in [1.165, 1.54) is 0 Å². The number of hydrogen-bond donors (Lipinski definition) is 12. The van der Waals surface area contributed by atoms with E-state index < -0.39 is 47.4 Å². The van der Waals surface area contributed by atoms with Gasteiger partial charge in [0.05, 0.1) is 33.2 Å². The van der Waals surface area contributed by atoms with Crippen molar-refractivity contribution >= 4 is 76.1 Å². The maximum atomic E-state index is 10.4. The van der Waals surface area contributed by atoms with Crippen LogP contribution >= 0.6 is 47.4 Å². The Morgan fingerprint density at radius 2 is 0.692 bits per heavy atom. The number of benzene rings is 2. The molecule has 5 rings (SSSR count). The summed E-state index contributed by atoms with van der Waals surface area (Å²) in [7, 11) is -23.4. The summed E-state index contributed by atoms with van der Waals surface area (Å²) < 4.78 is 125. The lowest BCUT2D eigenvalue weighted by Gasteiger charge is -2.29. The maximum absolute atomic E-state index is 10.4. The van der Waals surface area contributed by atoms with E-state index in [-0.39, 0.29) is 0 Å². The van der Waals surface area contributed by atoms with Gasteiger partial charge in [-0.25, -0.2) is 32.4 Å². The van der Waals surface area contributed by atoms with Gasteiger partial charge in [0.1, 0.15) is 23.1 Å². The maximum Gasteiger partial charge on any atom is 0.507 e. The minimum absolute atomic E-state index is 0.747. The van der Waals surface area contributed by atoms with E-state index in [0.29, 0.717) is 0 Å². The number of hydrogen-bond acceptors (Lipinski definition) is 14. The summed E-state index contributed by atoms with van der Waals surface area (Å²) in [5, 5.41) is 0. The smallest absolute Gasteiger partial charge is 0.497 e. The molecular formula is C27H42F6N6O20P6. The number of pyridine rings is 1. The second-order valence-electron chi connectivity index (χ2n) is 11.4. The predicted octanol–water partition coefficient (Wildman–Crippen LogP) is 5.22. The van der Waals surface area contributed by atoms with E-state index in [9.17, 15) is 25.2 Å². The number of nitrogens with zero attached hydrogens (tertiary/aromatic N) is 6. The summed E-state index contributed by atoms with van der Waals surface area (Å²) >= 11 is 0. The quantitative estimate of drug-likeness (QED) is 0.107. The molecule has 2 aliphatic heterocycles. The summed E-state index contributed by atoms with van der Waals surface area (Å²) in [5.74, 6) is 3.39. The van der Waals surface area contributed by atoms with Gasteiger partial charge in [-0.2, -0.15) is 0 Å².